The van der Waals surface area contributed by atoms with Crippen LogP contribution in [0, 0.1) is 11.6 Å². The highest BCUT2D eigenvalue weighted by molar-refractivity contribution is 7.16. The first-order chi connectivity index (χ1) is 15.6. The molecule has 0 unspecified atom stereocenters. The van der Waals surface area contributed by atoms with Gasteiger partial charge in [-0.2, -0.15) is 9.61 Å². The molecule has 8 heteroatoms. The van der Waals surface area contributed by atoms with E-state index in [0.29, 0.717) is 22.1 Å². The van der Waals surface area contributed by atoms with Gasteiger partial charge in [-0.05, 0) is 41.5 Å². The minimum atomic E-state index is -0.325. The van der Waals surface area contributed by atoms with Crippen LogP contribution in [-0.2, 0) is 6.61 Å². The maximum atomic E-state index is 14.8. The molecule has 0 aliphatic carbocycles. The average Bonchev–Trinajstić information content (AvgIpc) is 3.40. The number of hydrogen-bond acceptors (Lipinski definition) is 5. The van der Waals surface area contributed by atoms with E-state index in [1.165, 1.54) is 23.5 Å². The van der Waals surface area contributed by atoms with Crippen molar-refractivity contribution in [3.05, 3.63) is 101 Å². The van der Waals surface area contributed by atoms with Crippen molar-refractivity contribution in [2.24, 2.45) is 0 Å². The second-order valence-electron chi connectivity index (χ2n) is 7.32. The van der Waals surface area contributed by atoms with E-state index in [-0.39, 0.29) is 24.2 Å². The SMILES string of the molecule is C[C@@H](c1ccc(-c2ccccc2)c(F)c1)c1nn2c(COc3ccc(F)cc3)nnc2s1. The van der Waals surface area contributed by atoms with E-state index in [4.69, 9.17) is 4.74 Å². The molecule has 0 spiro atoms. The van der Waals surface area contributed by atoms with Crippen LogP contribution in [0.15, 0.2) is 72.8 Å². The normalized spacial score (nSPS) is 12.2. The van der Waals surface area contributed by atoms with E-state index in [1.54, 1.807) is 28.8 Å². The lowest BCUT2D eigenvalue weighted by Crippen LogP contribution is -2.04. The summed E-state index contributed by atoms with van der Waals surface area (Å²) in [5.41, 5.74) is 2.24. The van der Waals surface area contributed by atoms with Gasteiger partial charge in [0, 0.05) is 11.5 Å². The Labute approximate surface area is 186 Å². The Balaban J connectivity index is 1.36. The third-order valence-electron chi connectivity index (χ3n) is 5.20. The van der Waals surface area contributed by atoms with Crippen LogP contribution in [-0.4, -0.2) is 19.8 Å². The summed E-state index contributed by atoms with van der Waals surface area (Å²) in [5, 5.41) is 13.7. The number of rotatable bonds is 6. The number of aromatic nitrogens is 4. The number of ether oxygens (including phenoxy) is 1. The quantitative estimate of drug-likeness (QED) is 0.326. The summed E-state index contributed by atoms with van der Waals surface area (Å²) in [4.78, 5) is 0.630. The zero-order chi connectivity index (χ0) is 22.1. The van der Waals surface area contributed by atoms with Crippen molar-refractivity contribution >= 4 is 16.3 Å². The number of fused-ring (bicyclic) bond motifs is 1. The van der Waals surface area contributed by atoms with Crippen molar-refractivity contribution in [1.29, 1.82) is 0 Å². The molecule has 0 radical (unpaired) electrons. The van der Waals surface area contributed by atoms with Crippen LogP contribution in [0.4, 0.5) is 8.78 Å². The molecule has 0 N–H and O–H groups in total. The van der Waals surface area contributed by atoms with Gasteiger partial charge in [0.25, 0.3) is 0 Å². The Bertz CT molecular complexity index is 1370. The van der Waals surface area contributed by atoms with E-state index in [1.807, 2.05) is 43.3 Å². The van der Waals surface area contributed by atoms with Gasteiger partial charge < -0.3 is 4.74 Å². The summed E-state index contributed by atoms with van der Waals surface area (Å²) in [6.07, 6.45) is 0. The van der Waals surface area contributed by atoms with Gasteiger partial charge in [0.05, 0.1) is 0 Å². The maximum Gasteiger partial charge on any atom is 0.234 e. The molecule has 32 heavy (non-hydrogen) atoms. The van der Waals surface area contributed by atoms with Gasteiger partial charge in [-0.25, -0.2) is 8.78 Å². The molecular weight excluding hydrogens is 430 g/mol. The monoisotopic (exact) mass is 448 g/mol. The Morgan fingerprint density at radius 3 is 2.50 bits per heavy atom. The molecule has 5 aromatic rings. The fourth-order valence-electron chi connectivity index (χ4n) is 3.41. The van der Waals surface area contributed by atoms with Crippen molar-refractivity contribution in [1.82, 2.24) is 19.8 Å². The van der Waals surface area contributed by atoms with Crippen molar-refractivity contribution in [3.8, 4) is 16.9 Å². The van der Waals surface area contributed by atoms with Crippen molar-refractivity contribution in [2.45, 2.75) is 19.4 Å². The highest BCUT2D eigenvalue weighted by Crippen LogP contribution is 2.31. The average molecular weight is 448 g/mol. The first-order valence-corrected chi connectivity index (χ1v) is 10.8. The molecule has 1 atom stereocenters. The van der Waals surface area contributed by atoms with Crippen LogP contribution < -0.4 is 4.74 Å². The van der Waals surface area contributed by atoms with Crippen LogP contribution in [0.2, 0.25) is 0 Å². The number of hydrogen-bond donors (Lipinski definition) is 0. The van der Waals surface area contributed by atoms with Gasteiger partial charge in [0.1, 0.15) is 29.0 Å². The Morgan fingerprint density at radius 2 is 1.75 bits per heavy atom. The molecule has 5 rings (SSSR count). The zero-order valence-corrected chi connectivity index (χ0v) is 17.9. The number of benzene rings is 3. The van der Waals surface area contributed by atoms with Crippen LogP contribution in [0.25, 0.3) is 16.1 Å². The van der Waals surface area contributed by atoms with Crippen LogP contribution in [0.3, 0.4) is 0 Å². The maximum absolute atomic E-state index is 14.8. The van der Waals surface area contributed by atoms with Crippen LogP contribution in [0.1, 0.15) is 29.2 Å². The summed E-state index contributed by atoms with van der Waals surface area (Å²) in [5.74, 6) is 0.350. The summed E-state index contributed by atoms with van der Waals surface area (Å²) < 4.78 is 35.2. The predicted molar refractivity (Wildman–Crippen MR) is 119 cm³/mol. The first-order valence-electron chi connectivity index (χ1n) is 10.0. The third-order valence-corrected chi connectivity index (χ3v) is 6.28. The largest absolute Gasteiger partial charge is 0.486 e. The summed E-state index contributed by atoms with van der Waals surface area (Å²) >= 11 is 1.40. The Morgan fingerprint density at radius 1 is 0.969 bits per heavy atom. The number of halogens is 2. The fourth-order valence-corrected chi connectivity index (χ4v) is 4.35. The lowest BCUT2D eigenvalue weighted by molar-refractivity contribution is 0.292. The molecule has 2 aromatic heterocycles. The van der Waals surface area contributed by atoms with E-state index in [9.17, 15) is 8.78 Å². The molecule has 0 aliphatic heterocycles. The predicted octanol–water partition coefficient (Wildman–Crippen LogP) is 5.86. The lowest BCUT2D eigenvalue weighted by atomic mass is 9.97. The molecule has 160 valence electrons. The highest BCUT2D eigenvalue weighted by atomic mass is 32.1. The van der Waals surface area contributed by atoms with Gasteiger partial charge in [-0.3, -0.25) is 0 Å². The summed E-state index contributed by atoms with van der Waals surface area (Å²) in [6, 6.07) is 20.5. The molecule has 0 saturated carbocycles. The third kappa shape index (κ3) is 3.97. The van der Waals surface area contributed by atoms with E-state index < -0.39 is 0 Å². The molecule has 3 aromatic carbocycles. The number of nitrogens with zero attached hydrogens (tertiary/aromatic N) is 4. The molecule has 0 aliphatic rings. The van der Waals surface area contributed by atoms with Crippen molar-refractivity contribution < 1.29 is 13.5 Å². The second kappa shape index (κ2) is 8.47. The van der Waals surface area contributed by atoms with Crippen molar-refractivity contribution in [2.75, 3.05) is 0 Å². The minimum absolute atomic E-state index is 0.119. The van der Waals surface area contributed by atoms with Gasteiger partial charge in [-0.15, -0.1) is 10.2 Å². The smallest absolute Gasteiger partial charge is 0.234 e. The summed E-state index contributed by atoms with van der Waals surface area (Å²) in [6.45, 7) is 2.13. The molecule has 0 bridgehead atoms. The lowest BCUT2D eigenvalue weighted by Gasteiger charge is -2.11. The summed E-state index contributed by atoms with van der Waals surface area (Å²) in [7, 11) is 0. The second-order valence-corrected chi connectivity index (χ2v) is 8.31. The molecule has 0 saturated heterocycles. The molecule has 0 amide bonds. The molecular formula is C24H18F2N4OS. The van der Waals surface area contributed by atoms with Gasteiger partial charge in [-0.1, -0.05) is 60.7 Å². The minimum Gasteiger partial charge on any atom is -0.486 e. The van der Waals surface area contributed by atoms with Gasteiger partial charge in [0.2, 0.25) is 4.96 Å². The van der Waals surface area contributed by atoms with Crippen LogP contribution in [0.5, 0.6) is 5.75 Å². The Kier molecular flexibility index (Phi) is 5.36. The molecule has 5 nitrogen and oxygen atoms in total. The standard InChI is InChI=1S/C24H18F2N4OS/c1-15(17-7-12-20(21(26)13-17)16-5-3-2-4-6-16)23-29-30-22(27-28-24(30)32-23)14-31-19-10-8-18(25)9-11-19/h2-13,15H,14H2,1H3/t15-/m0/s1. The zero-order valence-electron chi connectivity index (χ0n) is 17.1. The van der Waals surface area contributed by atoms with Gasteiger partial charge >= 0.3 is 0 Å². The first kappa shape index (κ1) is 20.3. The van der Waals surface area contributed by atoms with E-state index in [2.05, 4.69) is 15.3 Å². The van der Waals surface area contributed by atoms with Crippen LogP contribution >= 0.6 is 11.3 Å². The van der Waals surface area contributed by atoms with E-state index >= 15 is 0 Å². The topological polar surface area (TPSA) is 52.3 Å². The van der Waals surface area contributed by atoms with Gasteiger partial charge in [0.15, 0.2) is 5.82 Å². The highest BCUT2D eigenvalue weighted by Gasteiger charge is 2.19. The molecule has 2 heterocycles. The van der Waals surface area contributed by atoms with E-state index in [0.717, 1.165) is 16.1 Å². The molecule has 0 fully saturated rings. The van der Waals surface area contributed by atoms with Crippen molar-refractivity contribution in [3.63, 3.8) is 0 Å². The fraction of sp³-hybridized carbons (Fsp3) is 0.125. The Hall–Kier alpha value is -3.65.